The van der Waals surface area contributed by atoms with Crippen LogP contribution < -0.4 is 11.3 Å². The van der Waals surface area contributed by atoms with E-state index < -0.39 is 0 Å². The van der Waals surface area contributed by atoms with Gasteiger partial charge in [-0.15, -0.1) is 11.3 Å². The first-order valence-corrected chi connectivity index (χ1v) is 8.14. The number of hydrogen-bond acceptors (Lipinski definition) is 5. The fraction of sp³-hybridized carbons (Fsp3) is 0.583. The third kappa shape index (κ3) is 4.28. The Hall–Kier alpha value is -0.560. The quantitative estimate of drug-likeness (QED) is 0.457. The van der Waals surface area contributed by atoms with Gasteiger partial charge in [0.25, 0.3) is 5.91 Å². The van der Waals surface area contributed by atoms with Crippen molar-refractivity contribution in [3.63, 3.8) is 0 Å². The van der Waals surface area contributed by atoms with Crippen LogP contribution in [-0.2, 0) is 6.54 Å². The Labute approximate surface area is 117 Å². The number of carbonyl (C=O) groups is 1. The molecule has 1 heterocycles. The lowest BCUT2D eigenvalue weighted by Gasteiger charge is -2.24. The van der Waals surface area contributed by atoms with Gasteiger partial charge in [0.05, 0.1) is 4.88 Å². The number of rotatable bonds is 7. The molecule has 0 bridgehead atoms. The first-order valence-electron chi connectivity index (χ1n) is 5.86. The van der Waals surface area contributed by atoms with E-state index in [-0.39, 0.29) is 5.91 Å². The van der Waals surface area contributed by atoms with Crippen LogP contribution in [0, 0.1) is 0 Å². The molecule has 0 saturated carbocycles. The first kappa shape index (κ1) is 15.5. The second-order valence-corrected chi connectivity index (χ2v) is 6.20. The monoisotopic (exact) mass is 287 g/mol. The molecule has 6 heteroatoms. The first-order chi connectivity index (χ1) is 8.60. The molecule has 4 nitrogen and oxygen atoms in total. The van der Waals surface area contributed by atoms with Crippen molar-refractivity contribution in [3.8, 4) is 0 Å². The van der Waals surface area contributed by atoms with E-state index in [0.29, 0.717) is 10.9 Å². The van der Waals surface area contributed by atoms with E-state index in [1.54, 1.807) is 0 Å². The van der Waals surface area contributed by atoms with E-state index in [1.807, 2.05) is 23.2 Å². The Kier molecular flexibility index (Phi) is 6.70. The third-order valence-electron chi connectivity index (χ3n) is 3.00. The van der Waals surface area contributed by atoms with E-state index in [2.05, 4.69) is 30.6 Å². The molecule has 1 aromatic heterocycles. The number of nitrogens with zero attached hydrogens (tertiary/aromatic N) is 1. The molecule has 1 aromatic rings. The molecule has 0 saturated heterocycles. The van der Waals surface area contributed by atoms with Crippen LogP contribution in [0.5, 0.6) is 0 Å². The lowest BCUT2D eigenvalue weighted by atomic mass is 10.2. The number of thioether (sulfide) groups is 1. The van der Waals surface area contributed by atoms with Gasteiger partial charge in [0.1, 0.15) is 0 Å². The molecule has 0 radical (unpaired) electrons. The summed E-state index contributed by atoms with van der Waals surface area (Å²) in [4.78, 5) is 14.6. The van der Waals surface area contributed by atoms with Crippen molar-refractivity contribution in [1.29, 1.82) is 0 Å². The molecule has 18 heavy (non-hydrogen) atoms. The molecule has 3 N–H and O–H groups in total. The second-order valence-electron chi connectivity index (χ2n) is 4.29. The Balaban J connectivity index is 2.61. The summed E-state index contributed by atoms with van der Waals surface area (Å²) in [6.07, 6.45) is 3.27. The summed E-state index contributed by atoms with van der Waals surface area (Å²) in [6.45, 7) is 2.99. The summed E-state index contributed by atoms with van der Waals surface area (Å²) in [5.41, 5.74) is 3.24. The van der Waals surface area contributed by atoms with Crippen molar-refractivity contribution in [2.75, 3.05) is 19.1 Å². The summed E-state index contributed by atoms with van der Waals surface area (Å²) in [6, 6.07) is 2.50. The number of nitrogens with one attached hydrogen (secondary N) is 1. The fourth-order valence-electron chi connectivity index (χ4n) is 1.66. The van der Waals surface area contributed by atoms with Crippen molar-refractivity contribution < 1.29 is 4.79 Å². The van der Waals surface area contributed by atoms with E-state index in [4.69, 9.17) is 5.84 Å². The predicted octanol–water partition coefficient (Wildman–Crippen LogP) is 1.92. The smallest absolute Gasteiger partial charge is 0.275 e. The van der Waals surface area contributed by atoms with Crippen LogP contribution in [-0.4, -0.2) is 35.9 Å². The molecular formula is C12H21N3OS2. The molecule has 0 aliphatic heterocycles. The zero-order valence-electron chi connectivity index (χ0n) is 11.1. The number of hydrogen-bond donors (Lipinski definition) is 2. The molecule has 0 aliphatic rings. The maximum atomic E-state index is 11.6. The summed E-state index contributed by atoms with van der Waals surface area (Å²) in [5, 5.41) is 1.93. The summed E-state index contributed by atoms with van der Waals surface area (Å²) >= 11 is 3.29. The Morgan fingerprint density at radius 2 is 2.39 bits per heavy atom. The van der Waals surface area contributed by atoms with Crippen molar-refractivity contribution in [2.45, 2.75) is 25.9 Å². The molecular weight excluding hydrogens is 266 g/mol. The van der Waals surface area contributed by atoms with E-state index in [9.17, 15) is 4.79 Å². The number of nitrogens with two attached hydrogens (primary N) is 1. The summed E-state index contributed by atoms with van der Waals surface area (Å²) < 4.78 is 0. The standard InChI is InChI=1S/C12H21N3OS2/c1-9(4-6-17-3)15(2)8-10-5-7-18-11(10)12(16)14-13/h5,7,9H,4,6,8,13H2,1-3H3,(H,14,16). The van der Waals surface area contributed by atoms with Crippen molar-refractivity contribution >= 4 is 29.0 Å². The topological polar surface area (TPSA) is 58.4 Å². The minimum absolute atomic E-state index is 0.204. The Bertz CT molecular complexity index is 381. The van der Waals surface area contributed by atoms with Gasteiger partial charge in [-0.05, 0) is 49.4 Å². The van der Waals surface area contributed by atoms with Gasteiger partial charge in [-0.25, -0.2) is 5.84 Å². The third-order valence-corrected chi connectivity index (χ3v) is 4.60. The second kappa shape index (κ2) is 7.78. The van der Waals surface area contributed by atoms with Crippen LogP contribution in [0.1, 0.15) is 28.6 Å². The number of hydrazine groups is 1. The molecule has 0 aliphatic carbocycles. The van der Waals surface area contributed by atoms with Gasteiger partial charge in [-0.3, -0.25) is 15.1 Å². The number of thiophene rings is 1. The SMILES string of the molecule is CSCCC(C)N(C)Cc1ccsc1C(=O)NN. The number of carbonyl (C=O) groups excluding carboxylic acids is 1. The summed E-state index contributed by atoms with van der Waals surface area (Å²) in [7, 11) is 2.09. The fourth-order valence-corrected chi connectivity index (χ4v) is 3.05. The lowest BCUT2D eigenvalue weighted by Crippen LogP contribution is -2.32. The molecule has 0 fully saturated rings. The molecule has 0 spiro atoms. The average Bonchev–Trinajstić information content (AvgIpc) is 2.82. The maximum absolute atomic E-state index is 11.6. The van der Waals surface area contributed by atoms with E-state index >= 15 is 0 Å². The molecule has 0 aromatic carbocycles. The highest BCUT2D eigenvalue weighted by Gasteiger charge is 2.15. The molecule has 102 valence electrons. The molecule has 1 amide bonds. The molecule has 1 unspecified atom stereocenters. The predicted molar refractivity (Wildman–Crippen MR) is 79.9 cm³/mol. The van der Waals surface area contributed by atoms with Gasteiger partial charge in [0.2, 0.25) is 0 Å². The maximum Gasteiger partial charge on any atom is 0.275 e. The highest BCUT2D eigenvalue weighted by atomic mass is 32.2. The van der Waals surface area contributed by atoms with Crippen molar-refractivity contribution in [1.82, 2.24) is 10.3 Å². The zero-order chi connectivity index (χ0) is 13.5. The minimum Gasteiger partial charge on any atom is -0.299 e. The minimum atomic E-state index is -0.204. The van der Waals surface area contributed by atoms with Gasteiger partial charge in [0.15, 0.2) is 0 Å². The zero-order valence-corrected chi connectivity index (χ0v) is 12.7. The Morgan fingerprint density at radius 1 is 1.67 bits per heavy atom. The largest absolute Gasteiger partial charge is 0.299 e. The summed E-state index contributed by atoms with van der Waals surface area (Å²) in [5.74, 6) is 6.13. The van der Waals surface area contributed by atoms with Gasteiger partial charge >= 0.3 is 0 Å². The lowest BCUT2D eigenvalue weighted by molar-refractivity contribution is 0.0955. The Morgan fingerprint density at radius 3 is 3.00 bits per heavy atom. The molecule has 1 rings (SSSR count). The van der Waals surface area contributed by atoms with E-state index in [1.165, 1.54) is 11.3 Å². The van der Waals surface area contributed by atoms with Gasteiger partial charge in [-0.2, -0.15) is 11.8 Å². The number of amides is 1. The van der Waals surface area contributed by atoms with Gasteiger partial charge in [-0.1, -0.05) is 0 Å². The highest BCUT2D eigenvalue weighted by molar-refractivity contribution is 7.98. The van der Waals surface area contributed by atoms with Crippen molar-refractivity contribution in [2.24, 2.45) is 5.84 Å². The van der Waals surface area contributed by atoms with Crippen LogP contribution in [0.25, 0.3) is 0 Å². The van der Waals surface area contributed by atoms with Crippen LogP contribution in [0.4, 0.5) is 0 Å². The average molecular weight is 287 g/mol. The normalized spacial score (nSPS) is 12.7. The van der Waals surface area contributed by atoms with E-state index in [0.717, 1.165) is 24.3 Å². The number of nitrogen functional groups attached to an aromatic ring is 1. The van der Waals surface area contributed by atoms with Gasteiger partial charge in [0, 0.05) is 12.6 Å². The highest BCUT2D eigenvalue weighted by Crippen LogP contribution is 2.19. The molecule has 1 atom stereocenters. The van der Waals surface area contributed by atoms with Crippen LogP contribution >= 0.6 is 23.1 Å². The van der Waals surface area contributed by atoms with Gasteiger partial charge < -0.3 is 0 Å². The van der Waals surface area contributed by atoms with Crippen LogP contribution in [0.15, 0.2) is 11.4 Å². The van der Waals surface area contributed by atoms with Crippen molar-refractivity contribution in [3.05, 3.63) is 21.9 Å². The van der Waals surface area contributed by atoms with Crippen LogP contribution in [0.2, 0.25) is 0 Å². The van der Waals surface area contributed by atoms with Crippen LogP contribution in [0.3, 0.4) is 0 Å².